The van der Waals surface area contributed by atoms with Crippen LogP contribution in [0.3, 0.4) is 0 Å². The third-order valence-electron chi connectivity index (χ3n) is 2.99. The van der Waals surface area contributed by atoms with Crippen molar-refractivity contribution in [3.63, 3.8) is 0 Å². The van der Waals surface area contributed by atoms with E-state index < -0.39 is 0 Å². The molecule has 0 saturated heterocycles. The van der Waals surface area contributed by atoms with Crippen LogP contribution in [0.4, 0.5) is 0 Å². The third-order valence-corrected chi connectivity index (χ3v) is 2.99. The van der Waals surface area contributed by atoms with Crippen molar-refractivity contribution < 1.29 is 10.2 Å². The van der Waals surface area contributed by atoms with E-state index >= 15 is 0 Å². The SMILES string of the molecule is Cl.N[C@@H](CCCO)c1c(O)ccc2ccccc12. The number of halogens is 1. The molecule has 0 aliphatic carbocycles. The molecule has 3 nitrogen and oxygen atoms in total. The molecule has 4 heteroatoms. The summed E-state index contributed by atoms with van der Waals surface area (Å²) in [4.78, 5) is 0. The fraction of sp³-hybridized carbons (Fsp3) is 0.286. The van der Waals surface area contributed by atoms with E-state index in [2.05, 4.69) is 0 Å². The minimum atomic E-state index is -0.242. The number of rotatable bonds is 4. The molecule has 0 amide bonds. The maximum atomic E-state index is 9.94. The molecule has 2 aromatic carbocycles. The normalized spacial score (nSPS) is 12.1. The van der Waals surface area contributed by atoms with E-state index in [-0.39, 0.29) is 30.8 Å². The Hall–Kier alpha value is -1.29. The highest BCUT2D eigenvalue weighted by molar-refractivity contribution is 5.88. The minimum Gasteiger partial charge on any atom is -0.508 e. The average Bonchev–Trinajstić information content (AvgIpc) is 2.35. The van der Waals surface area contributed by atoms with Crippen LogP contribution in [-0.4, -0.2) is 16.8 Å². The summed E-state index contributed by atoms with van der Waals surface area (Å²) in [5.74, 6) is 0.231. The Morgan fingerprint density at radius 3 is 2.56 bits per heavy atom. The number of hydrogen-bond acceptors (Lipinski definition) is 3. The average molecular weight is 268 g/mol. The predicted molar refractivity (Wildman–Crippen MR) is 76.1 cm³/mol. The van der Waals surface area contributed by atoms with Gasteiger partial charge in [-0.1, -0.05) is 30.3 Å². The summed E-state index contributed by atoms with van der Waals surface area (Å²) >= 11 is 0. The summed E-state index contributed by atoms with van der Waals surface area (Å²) in [6.45, 7) is 0.124. The molecular weight excluding hydrogens is 250 g/mol. The Balaban J connectivity index is 0.00000162. The topological polar surface area (TPSA) is 66.5 Å². The van der Waals surface area contributed by atoms with Crippen molar-refractivity contribution in [2.45, 2.75) is 18.9 Å². The predicted octanol–water partition coefficient (Wildman–Crippen LogP) is 2.74. The Morgan fingerprint density at radius 1 is 1.11 bits per heavy atom. The van der Waals surface area contributed by atoms with Crippen LogP contribution in [0.1, 0.15) is 24.4 Å². The van der Waals surface area contributed by atoms with Crippen molar-refractivity contribution in [1.29, 1.82) is 0 Å². The lowest BCUT2D eigenvalue weighted by Crippen LogP contribution is -2.11. The van der Waals surface area contributed by atoms with Crippen molar-refractivity contribution in [2.75, 3.05) is 6.61 Å². The largest absolute Gasteiger partial charge is 0.508 e. The molecule has 0 aliphatic rings. The first-order valence-electron chi connectivity index (χ1n) is 5.81. The quantitative estimate of drug-likeness (QED) is 0.798. The van der Waals surface area contributed by atoms with E-state index in [1.807, 2.05) is 30.3 Å². The number of aliphatic hydroxyl groups is 1. The molecule has 2 rings (SSSR count). The van der Waals surface area contributed by atoms with E-state index in [9.17, 15) is 5.11 Å². The number of phenolic OH excluding ortho intramolecular Hbond substituents is 1. The first-order valence-corrected chi connectivity index (χ1v) is 5.81. The zero-order valence-corrected chi connectivity index (χ0v) is 10.9. The summed E-state index contributed by atoms with van der Waals surface area (Å²) in [6, 6.07) is 11.2. The second-order valence-electron chi connectivity index (χ2n) is 4.19. The number of fused-ring (bicyclic) bond motifs is 1. The van der Waals surface area contributed by atoms with Crippen LogP contribution in [0.5, 0.6) is 5.75 Å². The molecule has 0 saturated carbocycles. The van der Waals surface area contributed by atoms with E-state index in [0.29, 0.717) is 12.8 Å². The van der Waals surface area contributed by atoms with Gasteiger partial charge < -0.3 is 15.9 Å². The molecular formula is C14H18ClNO2. The highest BCUT2D eigenvalue weighted by Gasteiger charge is 2.14. The van der Waals surface area contributed by atoms with Gasteiger partial charge in [0, 0.05) is 18.2 Å². The maximum Gasteiger partial charge on any atom is 0.120 e. The van der Waals surface area contributed by atoms with Gasteiger partial charge in [-0.25, -0.2) is 0 Å². The van der Waals surface area contributed by atoms with Crippen molar-refractivity contribution in [2.24, 2.45) is 5.73 Å². The Labute approximate surface area is 113 Å². The highest BCUT2D eigenvalue weighted by Crippen LogP contribution is 2.32. The number of hydrogen-bond donors (Lipinski definition) is 3. The van der Waals surface area contributed by atoms with Crippen molar-refractivity contribution in [1.82, 2.24) is 0 Å². The first kappa shape index (κ1) is 14.8. The van der Waals surface area contributed by atoms with Gasteiger partial charge in [-0.15, -0.1) is 12.4 Å². The Kier molecular flexibility index (Phi) is 5.41. The van der Waals surface area contributed by atoms with E-state index in [1.165, 1.54) is 0 Å². The Morgan fingerprint density at radius 2 is 1.83 bits per heavy atom. The van der Waals surface area contributed by atoms with Crippen LogP contribution in [-0.2, 0) is 0 Å². The summed E-state index contributed by atoms with van der Waals surface area (Å²) in [5, 5.41) is 20.8. The lowest BCUT2D eigenvalue weighted by molar-refractivity contribution is 0.279. The zero-order valence-electron chi connectivity index (χ0n) is 10.0. The molecule has 2 aromatic rings. The standard InChI is InChI=1S/C14H17NO2.ClH/c15-12(6-3-9-16)14-11-5-2-1-4-10(11)7-8-13(14)17;/h1-2,4-5,7-8,12,16-17H,3,6,9,15H2;1H/t12-;/m0./s1. The van der Waals surface area contributed by atoms with E-state index in [1.54, 1.807) is 6.07 Å². The fourth-order valence-electron chi connectivity index (χ4n) is 2.13. The van der Waals surface area contributed by atoms with E-state index in [4.69, 9.17) is 10.8 Å². The summed E-state index contributed by atoms with van der Waals surface area (Å²) in [6.07, 6.45) is 1.31. The van der Waals surface area contributed by atoms with Gasteiger partial charge in [-0.05, 0) is 29.7 Å². The molecule has 0 spiro atoms. The minimum absolute atomic E-state index is 0. The van der Waals surface area contributed by atoms with Gasteiger partial charge in [0.15, 0.2) is 0 Å². The Bertz CT molecular complexity index is 516. The van der Waals surface area contributed by atoms with Crippen LogP contribution >= 0.6 is 12.4 Å². The number of nitrogens with two attached hydrogens (primary N) is 1. The monoisotopic (exact) mass is 267 g/mol. The summed E-state index contributed by atoms with van der Waals surface area (Å²) in [5.41, 5.74) is 6.85. The molecule has 1 atom stereocenters. The number of aromatic hydroxyl groups is 1. The molecule has 0 bridgehead atoms. The van der Waals surface area contributed by atoms with Gasteiger partial charge in [0.25, 0.3) is 0 Å². The smallest absolute Gasteiger partial charge is 0.120 e. The van der Waals surface area contributed by atoms with Crippen molar-refractivity contribution in [3.05, 3.63) is 42.0 Å². The van der Waals surface area contributed by atoms with Gasteiger partial charge in [0.1, 0.15) is 5.75 Å². The van der Waals surface area contributed by atoms with Crippen LogP contribution in [0, 0.1) is 0 Å². The second-order valence-corrected chi connectivity index (χ2v) is 4.19. The first-order chi connectivity index (χ1) is 8.24. The van der Waals surface area contributed by atoms with Crippen LogP contribution < -0.4 is 5.73 Å². The number of benzene rings is 2. The highest BCUT2D eigenvalue weighted by atomic mass is 35.5. The summed E-state index contributed by atoms with van der Waals surface area (Å²) < 4.78 is 0. The lowest BCUT2D eigenvalue weighted by Gasteiger charge is -2.16. The number of aliphatic hydroxyl groups excluding tert-OH is 1. The molecule has 0 unspecified atom stereocenters. The third kappa shape index (κ3) is 2.93. The van der Waals surface area contributed by atoms with Crippen LogP contribution in [0.2, 0.25) is 0 Å². The molecule has 0 aromatic heterocycles. The van der Waals surface area contributed by atoms with Crippen molar-refractivity contribution in [3.8, 4) is 5.75 Å². The van der Waals surface area contributed by atoms with Crippen molar-refractivity contribution >= 4 is 23.2 Å². The molecule has 0 aliphatic heterocycles. The molecule has 4 N–H and O–H groups in total. The second kappa shape index (κ2) is 6.59. The molecule has 0 fully saturated rings. The van der Waals surface area contributed by atoms with Gasteiger partial charge in [0.05, 0.1) is 0 Å². The van der Waals surface area contributed by atoms with Gasteiger partial charge in [0.2, 0.25) is 0 Å². The molecule has 98 valence electrons. The summed E-state index contributed by atoms with van der Waals surface area (Å²) in [7, 11) is 0. The fourth-order valence-corrected chi connectivity index (χ4v) is 2.13. The van der Waals surface area contributed by atoms with E-state index in [0.717, 1.165) is 16.3 Å². The van der Waals surface area contributed by atoms with Crippen LogP contribution in [0.25, 0.3) is 10.8 Å². The lowest BCUT2D eigenvalue weighted by atomic mass is 9.95. The molecule has 18 heavy (non-hydrogen) atoms. The van der Waals surface area contributed by atoms with Gasteiger partial charge in [-0.2, -0.15) is 0 Å². The maximum absolute atomic E-state index is 9.94. The van der Waals surface area contributed by atoms with Crippen LogP contribution in [0.15, 0.2) is 36.4 Å². The number of phenols is 1. The molecule has 0 radical (unpaired) electrons. The van der Waals surface area contributed by atoms with Gasteiger partial charge >= 0.3 is 0 Å². The molecule has 0 heterocycles. The van der Waals surface area contributed by atoms with Gasteiger partial charge in [-0.3, -0.25) is 0 Å². The zero-order chi connectivity index (χ0) is 12.3.